The molecule has 0 spiro atoms. The van der Waals surface area contributed by atoms with Crippen LogP contribution in [0.25, 0.3) is 15.8 Å². The monoisotopic (exact) mass is 528 g/mol. The van der Waals surface area contributed by atoms with Gasteiger partial charge in [0.2, 0.25) is 0 Å². The Morgan fingerprint density at radius 3 is 2.22 bits per heavy atom. The molecular formula is C28H21ClN4O3S. The van der Waals surface area contributed by atoms with Crippen LogP contribution in [0.3, 0.4) is 0 Å². The zero-order valence-corrected chi connectivity index (χ0v) is 20.9. The van der Waals surface area contributed by atoms with Gasteiger partial charge in [0.15, 0.2) is 0 Å². The maximum absolute atomic E-state index is 13.4. The van der Waals surface area contributed by atoms with Gasteiger partial charge in [-0.15, -0.1) is 11.3 Å². The molecule has 0 fully saturated rings. The smallest absolute Gasteiger partial charge is 0.320 e. The van der Waals surface area contributed by atoms with Crippen LogP contribution in [0.4, 0.5) is 16.2 Å². The molecule has 3 aromatic carbocycles. The number of hydrogen-bond acceptors (Lipinski definition) is 4. The number of nitrogens with zero attached hydrogens (tertiary/aromatic N) is 1. The first-order valence-electron chi connectivity index (χ1n) is 11.4. The molecule has 0 aliphatic carbocycles. The van der Waals surface area contributed by atoms with Crippen LogP contribution in [0, 0.1) is 0 Å². The maximum atomic E-state index is 13.4. The van der Waals surface area contributed by atoms with Crippen molar-refractivity contribution < 1.29 is 9.59 Å². The number of rotatable bonds is 6. The molecule has 5 rings (SSSR count). The van der Waals surface area contributed by atoms with Crippen LogP contribution in [-0.2, 0) is 4.79 Å². The van der Waals surface area contributed by atoms with Crippen LogP contribution in [0.5, 0.6) is 0 Å². The largest absolute Gasteiger partial charge is 0.324 e. The van der Waals surface area contributed by atoms with E-state index >= 15 is 0 Å². The number of carbonyl (C=O) groups is 2. The average molecular weight is 529 g/mol. The van der Waals surface area contributed by atoms with Gasteiger partial charge < -0.3 is 16.0 Å². The highest BCUT2D eigenvalue weighted by atomic mass is 35.5. The Kier molecular flexibility index (Phi) is 7.02. The van der Waals surface area contributed by atoms with E-state index in [4.69, 9.17) is 11.6 Å². The van der Waals surface area contributed by atoms with Gasteiger partial charge >= 0.3 is 6.03 Å². The van der Waals surface area contributed by atoms with Gasteiger partial charge in [-0.3, -0.25) is 14.2 Å². The molecule has 184 valence electrons. The summed E-state index contributed by atoms with van der Waals surface area (Å²) in [6, 6.07) is 26.7. The Hall–Kier alpha value is -4.40. The number of fused-ring (bicyclic) bond motifs is 1. The van der Waals surface area contributed by atoms with E-state index in [-0.39, 0.29) is 5.56 Å². The fraction of sp³-hybridized carbons (Fsp3) is 0.0357. The first-order chi connectivity index (χ1) is 18.0. The lowest BCUT2D eigenvalue weighted by Crippen LogP contribution is -2.39. The van der Waals surface area contributed by atoms with Gasteiger partial charge in [0.25, 0.3) is 11.5 Å². The number of urea groups is 1. The molecule has 1 unspecified atom stereocenters. The Labute approximate surface area is 221 Å². The van der Waals surface area contributed by atoms with Crippen molar-refractivity contribution in [3.8, 4) is 5.69 Å². The van der Waals surface area contributed by atoms with Crippen molar-refractivity contribution in [2.45, 2.75) is 6.04 Å². The first kappa shape index (κ1) is 24.3. The van der Waals surface area contributed by atoms with E-state index in [1.54, 1.807) is 66.9 Å². The normalized spacial score (nSPS) is 11.6. The van der Waals surface area contributed by atoms with Crippen LogP contribution < -0.4 is 21.5 Å². The molecule has 0 bridgehead atoms. The highest BCUT2D eigenvalue weighted by molar-refractivity contribution is 7.19. The molecule has 1 atom stereocenters. The summed E-state index contributed by atoms with van der Waals surface area (Å²) in [5, 5.41) is 9.94. The van der Waals surface area contributed by atoms with Gasteiger partial charge in [-0.25, -0.2) is 4.79 Å². The van der Waals surface area contributed by atoms with Crippen LogP contribution in [0.2, 0.25) is 5.02 Å². The lowest BCUT2D eigenvalue weighted by molar-refractivity contribution is -0.118. The second-order valence-electron chi connectivity index (χ2n) is 8.17. The third-order valence-corrected chi connectivity index (χ3v) is 7.04. The summed E-state index contributed by atoms with van der Waals surface area (Å²) in [6.07, 6.45) is 1.68. The van der Waals surface area contributed by atoms with Crippen molar-refractivity contribution in [3.05, 3.63) is 124 Å². The third-order valence-electron chi connectivity index (χ3n) is 5.60. The molecule has 37 heavy (non-hydrogen) atoms. The zero-order valence-electron chi connectivity index (χ0n) is 19.4. The zero-order chi connectivity index (χ0) is 25.8. The van der Waals surface area contributed by atoms with E-state index < -0.39 is 18.0 Å². The van der Waals surface area contributed by atoms with E-state index in [0.29, 0.717) is 27.0 Å². The first-order valence-corrected chi connectivity index (χ1v) is 12.6. The molecule has 9 heteroatoms. The minimum atomic E-state index is -0.943. The van der Waals surface area contributed by atoms with Gasteiger partial charge in [0.05, 0.1) is 0 Å². The summed E-state index contributed by atoms with van der Waals surface area (Å²) in [5.41, 5.74) is 1.60. The Morgan fingerprint density at radius 2 is 1.49 bits per heavy atom. The summed E-state index contributed by atoms with van der Waals surface area (Å²) in [4.78, 5) is 39.0. The van der Waals surface area contributed by atoms with E-state index in [1.807, 2.05) is 30.3 Å². The van der Waals surface area contributed by atoms with Gasteiger partial charge in [-0.2, -0.15) is 0 Å². The minimum Gasteiger partial charge on any atom is -0.324 e. The second-order valence-corrected chi connectivity index (χ2v) is 9.72. The topological polar surface area (TPSA) is 92.2 Å². The average Bonchev–Trinajstić information content (AvgIpc) is 3.33. The molecule has 5 aromatic rings. The van der Waals surface area contributed by atoms with E-state index in [0.717, 1.165) is 10.1 Å². The summed E-state index contributed by atoms with van der Waals surface area (Å²) in [7, 11) is 0. The number of carbonyl (C=O) groups excluding carboxylic acids is 2. The number of thiophene rings is 1. The standard InChI is InChI=1S/C28H21ClN4O3S/c29-19-8-10-21(11-9-19)31-28(36)32-26(24-17-18-5-1-2-6-23(18)37-24)27(35)30-20-12-14-22(15-13-20)33-16-4-3-7-25(33)34/h1-17,26H,(H,30,35)(H2,31,32,36). The molecule has 0 aliphatic rings. The number of hydrogen-bond donors (Lipinski definition) is 3. The quantitative estimate of drug-likeness (QED) is 0.245. The highest BCUT2D eigenvalue weighted by Gasteiger charge is 2.25. The molecular weight excluding hydrogens is 508 g/mol. The van der Waals surface area contributed by atoms with Crippen molar-refractivity contribution in [1.82, 2.24) is 9.88 Å². The van der Waals surface area contributed by atoms with Gasteiger partial charge in [0.1, 0.15) is 6.04 Å². The Morgan fingerprint density at radius 1 is 0.811 bits per heavy atom. The number of pyridine rings is 1. The summed E-state index contributed by atoms with van der Waals surface area (Å²) in [5.74, 6) is -0.401. The van der Waals surface area contributed by atoms with Crippen molar-refractivity contribution in [2.75, 3.05) is 10.6 Å². The predicted molar refractivity (Wildman–Crippen MR) is 149 cm³/mol. The van der Waals surface area contributed by atoms with E-state index in [1.165, 1.54) is 22.0 Å². The fourth-order valence-corrected chi connectivity index (χ4v) is 5.04. The molecule has 0 saturated carbocycles. The maximum Gasteiger partial charge on any atom is 0.320 e. The second kappa shape index (κ2) is 10.7. The number of anilines is 2. The number of aromatic nitrogens is 1. The van der Waals surface area contributed by atoms with E-state index in [2.05, 4.69) is 16.0 Å². The number of benzene rings is 3. The van der Waals surface area contributed by atoms with Crippen molar-refractivity contribution in [2.24, 2.45) is 0 Å². The van der Waals surface area contributed by atoms with Crippen LogP contribution in [0.1, 0.15) is 10.9 Å². The number of nitrogens with one attached hydrogen (secondary N) is 3. The van der Waals surface area contributed by atoms with Gasteiger partial charge in [-0.1, -0.05) is 35.9 Å². The van der Waals surface area contributed by atoms with Gasteiger partial charge in [-0.05, 0) is 72.1 Å². The predicted octanol–water partition coefficient (Wildman–Crippen LogP) is 6.21. The lowest BCUT2D eigenvalue weighted by Gasteiger charge is -2.18. The lowest BCUT2D eigenvalue weighted by atomic mass is 10.1. The number of amides is 3. The SMILES string of the molecule is O=C(Nc1ccc(Cl)cc1)NC(C(=O)Nc1ccc(-n2ccccc2=O)cc1)c1cc2ccccc2s1. The van der Waals surface area contributed by atoms with Crippen LogP contribution >= 0.6 is 22.9 Å². The Bertz CT molecular complexity index is 1600. The molecule has 2 heterocycles. The fourth-order valence-electron chi connectivity index (χ4n) is 3.80. The molecule has 0 aliphatic heterocycles. The number of halogens is 1. The molecule has 7 nitrogen and oxygen atoms in total. The summed E-state index contributed by atoms with van der Waals surface area (Å²) in [6.45, 7) is 0. The van der Waals surface area contributed by atoms with Crippen LogP contribution in [-0.4, -0.2) is 16.5 Å². The summed E-state index contributed by atoms with van der Waals surface area (Å²) >= 11 is 7.36. The highest BCUT2D eigenvalue weighted by Crippen LogP contribution is 2.31. The van der Waals surface area contributed by atoms with E-state index in [9.17, 15) is 14.4 Å². The summed E-state index contributed by atoms with van der Waals surface area (Å²) < 4.78 is 2.52. The van der Waals surface area contributed by atoms with Crippen molar-refractivity contribution >= 4 is 56.3 Å². The molecule has 3 amide bonds. The Balaban J connectivity index is 1.37. The van der Waals surface area contributed by atoms with Crippen molar-refractivity contribution in [1.29, 1.82) is 0 Å². The van der Waals surface area contributed by atoms with Gasteiger partial charge in [0, 0.05) is 43.9 Å². The molecule has 0 saturated heterocycles. The molecule has 3 N–H and O–H groups in total. The van der Waals surface area contributed by atoms with Crippen LogP contribution in [0.15, 0.2) is 108 Å². The minimum absolute atomic E-state index is 0.153. The van der Waals surface area contributed by atoms with Crippen molar-refractivity contribution in [3.63, 3.8) is 0 Å². The molecule has 0 radical (unpaired) electrons. The third kappa shape index (κ3) is 5.72. The molecule has 2 aromatic heterocycles.